The second-order valence-electron chi connectivity index (χ2n) is 4.36. The second kappa shape index (κ2) is 4.72. The van der Waals surface area contributed by atoms with E-state index in [1.807, 2.05) is 6.07 Å². The van der Waals surface area contributed by atoms with Gasteiger partial charge in [0.15, 0.2) is 0 Å². The number of nitrogens with one attached hydrogen (secondary N) is 1. The third-order valence-corrected chi connectivity index (χ3v) is 3.56. The van der Waals surface area contributed by atoms with E-state index in [0.717, 1.165) is 12.8 Å². The van der Waals surface area contributed by atoms with Crippen LogP contribution in [-0.4, -0.2) is 23.3 Å². The molecule has 1 saturated carbocycles. The third kappa shape index (κ3) is 2.75. The van der Waals surface area contributed by atoms with Crippen molar-refractivity contribution >= 4 is 17.5 Å². The summed E-state index contributed by atoms with van der Waals surface area (Å²) in [5.41, 5.74) is 0.874. The zero-order chi connectivity index (χ0) is 12.3. The molecule has 88 valence electrons. The predicted octanol–water partition coefficient (Wildman–Crippen LogP) is 1.70. The molecule has 1 amide bonds. The Morgan fingerprint density at radius 3 is 2.82 bits per heavy atom. The van der Waals surface area contributed by atoms with E-state index in [2.05, 4.69) is 10.3 Å². The van der Waals surface area contributed by atoms with Crippen LogP contribution in [0.3, 0.4) is 0 Å². The largest absolute Gasteiger partial charge is 0.350 e. The number of rotatable bonds is 4. The highest BCUT2D eigenvalue weighted by Gasteiger charge is 2.41. The first-order valence-electron chi connectivity index (χ1n) is 5.39. The minimum Gasteiger partial charge on any atom is -0.350 e. The second-order valence-corrected chi connectivity index (χ2v) is 4.63. The van der Waals surface area contributed by atoms with Crippen molar-refractivity contribution < 1.29 is 4.79 Å². The summed E-state index contributed by atoms with van der Waals surface area (Å²) in [4.78, 5) is 15.7. The van der Waals surface area contributed by atoms with E-state index >= 15 is 0 Å². The zero-order valence-electron chi connectivity index (χ0n) is 9.24. The number of nitrogens with zero attached hydrogens (tertiary/aromatic N) is 2. The molecular weight excluding hydrogens is 238 g/mol. The summed E-state index contributed by atoms with van der Waals surface area (Å²) in [5, 5.41) is 11.4. The van der Waals surface area contributed by atoms with Crippen LogP contribution in [0.5, 0.6) is 0 Å². The van der Waals surface area contributed by atoms with E-state index in [1.165, 1.54) is 6.20 Å². The van der Waals surface area contributed by atoms with Gasteiger partial charge in [-0.1, -0.05) is 0 Å². The highest BCUT2D eigenvalue weighted by atomic mass is 35.5. The number of hydrogen-bond donors (Lipinski definition) is 1. The minimum atomic E-state index is -0.217. The molecule has 0 aromatic carbocycles. The summed E-state index contributed by atoms with van der Waals surface area (Å²) in [6, 6.07) is 5.09. The van der Waals surface area contributed by atoms with Crippen LogP contribution in [0, 0.1) is 16.7 Å². The van der Waals surface area contributed by atoms with Crippen LogP contribution in [0.1, 0.15) is 28.9 Å². The highest BCUT2D eigenvalue weighted by Crippen LogP contribution is 2.45. The minimum absolute atomic E-state index is 0.101. The first-order chi connectivity index (χ1) is 8.19. The van der Waals surface area contributed by atoms with Crippen LogP contribution in [0.4, 0.5) is 0 Å². The van der Waals surface area contributed by atoms with Crippen molar-refractivity contribution in [2.45, 2.75) is 12.8 Å². The normalized spacial score (nSPS) is 16.0. The molecule has 2 rings (SSSR count). The van der Waals surface area contributed by atoms with Gasteiger partial charge in [0, 0.05) is 24.0 Å². The Morgan fingerprint density at radius 2 is 2.35 bits per heavy atom. The maximum absolute atomic E-state index is 11.7. The van der Waals surface area contributed by atoms with Crippen LogP contribution in [-0.2, 0) is 0 Å². The maximum atomic E-state index is 11.7. The van der Waals surface area contributed by atoms with E-state index < -0.39 is 0 Å². The van der Waals surface area contributed by atoms with E-state index in [9.17, 15) is 4.79 Å². The molecule has 4 nitrogen and oxygen atoms in total. The SMILES string of the molecule is N#Cc1ccc(C(=O)NCC2(CCl)CC2)nc1. The van der Waals surface area contributed by atoms with Gasteiger partial charge in [0.1, 0.15) is 11.8 Å². The summed E-state index contributed by atoms with van der Waals surface area (Å²) in [7, 11) is 0. The number of alkyl halides is 1. The molecule has 0 aliphatic heterocycles. The third-order valence-electron chi connectivity index (χ3n) is 2.99. The Morgan fingerprint density at radius 1 is 1.59 bits per heavy atom. The fourth-order valence-electron chi connectivity index (χ4n) is 1.49. The van der Waals surface area contributed by atoms with Gasteiger partial charge in [0.25, 0.3) is 5.91 Å². The van der Waals surface area contributed by atoms with Gasteiger partial charge >= 0.3 is 0 Å². The topological polar surface area (TPSA) is 65.8 Å². The molecule has 1 aromatic heterocycles. The summed E-state index contributed by atoms with van der Waals surface area (Å²) < 4.78 is 0. The van der Waals surface area contributed by atoms with Crippen LogP contribution in [0.15, 0.2) is 18.3 Å². The quantitative estimate of drug-likeness (QED) is 0.826. The van der Waals surface area contributed by atoms with Gasteiger partial charge in [-0.15, -0.1) is 11.6 Å². The van der Waals surface area contributed by atoms with Gasteiger partial charge in [-0.2, -0.15) is 5.26 Å². The van der Waals surface area contributed by atoms with E-state index in [4.69, 9.17) is 16.9 Å². The lowest BCUT2D eigenvalue weighted by Crippen LogP contribution is -2.31. The first-order valence-corrected chi connectivity index (χ1v) is 5.93. The number of aromatic nitrogens is 1. The Hall–Kier alpha value is -1.60. The molecule has 0 radical (unpaired) electrons. The Bertz CT molecular complexity index is 460. The van der Waals surface area contributed by atoms with Crippen molar-refractivity contribution in [3.63, 3.8) is 0 Å². The molecule has 0 atom stereocenters. The van der Waals surface area contributed by atoms with Crippen molar-refractivity contribution in [3.05, 3.63) is 29.6 Å². The van der Waals surface area contributed by atoms with Crippen LogP contribution in [0.2, 0.25) is 0 Å². The number of nitriles is 1. The summed E-state index contributed by atoms with van der Waals surface area (Å²) >= 11 is 5.82. The Kier molecular flexibility index (Phi) is 3.30. The fraction of sp³-hybridized carbons (Fsp3) is 0.417. The molecule has 1 aromatic rings. The van der Waals surface area contributed by atoms with Crippen molar-refractivity contribution in [1.29, 1.82) is 5.26 Å². The zero-order valence-corrected chi connectivity index (χ0v) is 10.00. The van der Waals surface area contributed by atoms with Crippen molar-refractivity contribution in [2.24, 2.45) is 5.41 Å². The van der Waals surface area contributed by atoms with Gasteiger partial charge in [-0.05, 0) is 25.0 Å². The first kappa shape index (κ1) is 11.9. The summed E-state index contributed by atoms with van der Waals surface area (Å²) in [6.45, 7) is 0.594. The molecule has 1 heterocycles. The fourth-order valence-corrected chi connectivity index (χ4v) is 1.85. The van der Waals surface area contributed by atoms with Gasteiger partial charge < -0.3 is 5.32 Å². The molecule has 1 fully saturated rings. The summed E-state index contributed by atoms with van der Waals surface area (Å²) in [5.74, 6) is 0.361. The molecule has 5 heteroatoms. The van der Waals surface area contributed by atoms with Crippen molar-refractivity contribution in [3.8, 4) is 6.07 Å². The lowest BCUT2D eigenvalue weighted by molar-refractivity contribution is 0.0941. The van der Waals surface area contributed by atoms with E-state index in [-0.39, 0.29) is 11.3 Å². The molecule has 1 aliphatic rings. The van der Waals surface area contributed by atoms with E-state index in [0.29, 0.717) is 23.7 Å². The Labute approximate surface area is 105 Å². The molecule has 17 heavy (non-hydrogen) atoms. The number of amides is 1. The number of halogens is 1. The van der Waals surface area contributed by atoms with Gasteiger partial charge in [-0.25, -0.2) is 4.98 Å². The smallest absolute Gasteiger partial charge is 0.269 e. The lowest BCUT2D eigenvalue weighted by atomic mass is 10.1. The van der Waals surface area contributed by atoms with Gasteiger partial charge in [0.2, 0.25) is 0 Å². The lowest BCUT2D eigenvalue weighted by Gasteiger charge is -2.11. The maximum Gasteiger partial charge on any atom is 0.269 e. The molecule has 0 spiro atoms. The molecular formula is C12H12ClN3O. The average molecular weight is 250 g/mol. The number of pyridine rings is 1. The average Bonchev–Trinajstić information content (AvgIpc) is 3.17. The highest BCUT2D eigenvalue weighted by molar-refractivity contribution is 6.18. The standard InChI is InChI=1S/C12H12ClN3O/c13-7-12(3-4-12)8-16-11(17)10-2-1-9(5-14)6-15-10/h1-2,6H,3-4,7-8H2,(H,16,17). The molecule has 0 bridgehead atoms. The van der Waals surface area contributed by atoms with Crippen molar-refractivity contribution in [1.82, 2.24) is 10.3 Å². The van der Waals surface area contributed by atoms with E-state index in [1.54, 1.807) is 12.1 Å². The van der Waals surface area contributed by atoms with Crippen molar-refractivity contribution in [2.75, 3.05) is 12.4 Å². The van der Waals surface area contributed by atoms with Crippen LogP contribution >= 0.6 is 11.6 Å². The number of hydrogen-bond acceptors (Lipinski definition) is 3. The molecule has 0 saturated heterocycles. The monoisotopic (exact) mass is 249 g/mol. The summed E-state index contributed by atoms with van der Waals surface area (Å²) in [6.07, 6.45) is 3.53. The number of carbonyl (C=O) groups excluding carboxylic acids is 1. The van der Waals surface area contributed by atoms with Gasteiger partial charge in [-0.3, -0.25) is 4.79 Å². The molecule has 1 aliphatic carbocycles. The molecule has 1 N–H and O–H groups in total. The van der Waals surface area contributed by atoms with Crippen LogP contribution < -0.4 is 5.32 Å². The van der Waals surface area contributed by atoms with Crippen LogP contribution in [0.25, 0.3) is 0 Å². The Balaban J connectivity index is 1.93. The number of carbonyl (C=O) groups is 1. The predicted molar refractivity (Wildman–Crippen MR) is 63.7 cm³/mol. The van der Waals surface area contributed by atoms with Gasteiger partial charge in [0.05, 0.1) is 5.56 Å². The molecule has 0 unspecified atom stereocenters.